The molecule has 2 aromatic rings. The minimum Gasteiger partial charge on any atom is -0.330 e. The number of hydrogen-bond acceptors (Lipinski definition) is 2. The van der Waals surface area contributed by atoms with Crippen LogP contribution in [0.1, 0.15) is 31.2 Å². The molecule has 1 aromatic carbocycles. The predicted molar refractivity (Wildman–Crippen MR) is 80.2 cm³/mol. The lowest BCUT2D eigenvalue weighted by molar-refractivity contribution is 0.451. The van der Waals surface area contributed by atoms with E-state index in [0.717, 1.165) is 18.5 Å². The lowest BCUT2D eigenvalue weighted by Crippen LogP contribution is -2.34. The van der Waals surface area contributed by atoms with Crippen molar-refractivity contribution in [2.75, 3.05) is 6.54 Å². The van der Waals surface area contributed by atoms with E-state index in [4.69, 9.17) is 5.73 Å². The zero-order valence-electron chi connectivity index (χ0n) is 11.9. The van der Waals surface area contributed by atoms with Crippen LogP contribution in [0.15, 0.2) is 41.5 Å². The molecule has 0 saturated heterocycles. The van der Waals surface area contributed by atoms with Gasteiger partial charge in [0.1, 0.15) is 0 Å². The summed E-state index contributed by atoms with van der Waals surface area (Å²) in [6.45, 7) is 0.644. The van der Waals surface area contributed by atoms with Crippen LogP contribution in [0.4, 0.5) is 0 Å². The summed E-state index contributed by atoms with van der Waals surface area (Å²) in [5.74, 6) is 0. The van der Waals surface area contributed by atoms with Gasteiger partial charge in [0.2, 0.25) is 0 Å². The Morgan fingerprint density at radius 1 is 1.20 bits per heavy atom. The molecule has 0 bridgehead atoms. The quantitative estimate of drug-likeness (QED) is 0.927. The second-order valence-electron chi connectivity index (χ2n) is 5.77. The molecule has 4 nitrogen and oxygen atoms in total. The molecular formula is C16H21N3O. The SMILES string of the molecule is Cn1ccn(-c2ccccc2C2(CN)CCCC2)c1=O. The van der Waals surface area contributed by atoms with E-state index in [-0.39, 0.29) is 11.1 Å². The van der Waals surface area contributed by atoms with E-state index in [1.807, 2.05) is 24.4 Å². The van der Waals surface area contributed by atoms with Crippen molar-refractivity contribution in [1.29, 1.82) is 0 Å². The summed E-state index contributed by atoms with van der Waals surface area (Å²) < 4.78 is 3.33. The molecule has 0 amide bonds. The zero-order valence-corrected chi connectivity index (χ0v) is 11.9. The smallest absolute Gasteiger partial charge is 0.330 e. The van der Waals surface area contributed by atoms with Crippen molar-refractivity contribution in [3.63, 3.8) is 0 Å². The minimum atomic E-state index is -0.0115. The molecule has 1 aliphatic carbocycles. The van der Waals surface area contributed by atoms with Gasteiger partial charge in [0.05, 0.1) is 5.69 Å². The van der Waals surface area contributed by atoms with E-state index in [0.29, 0.717) is 6.54 Å². The van der Waals surface area contributed by atoms with Crippen LogP contribution in [-0.4, -0.2) is 15.7 Å². The topological polar surface area (TPSA) is 52.9 Å². The van der Waals surface area contributed by atoms with Crippen LogP contribution in [0.25, 0.3) is 5.69 Å². The van der Waals surface area contributed by atoms with Gasteiger partial charge in [-0.3, -0.25) is 4.57 Å². The minimum absolute atomic E-state index is 0.0115. The molecule has 0 unspecified atom stereocenters. The van der Waals surface area contributed by atoms with Crippen LogP contribution in [0, 0.1) is 0 Å². The molecule has 106 valence electrons. The third-order valence-corrected chi connectivity index (χ3v) is 4.63. The van der Waals surface area contributed by atoms with E-state index in [9.17, 15) is 4.79 Å². The number of nitrogens with zero attached hydrogens (tertiary/aromatic N) is 2. The highest BCUT2D eigenvalue weighted by Crippen LogP contribution is 2.42. The Labute approximate surface area is 118 Å². The van der Waals surface area contributed by atoms with Crippen LogP contribution < -0.4 is 11.4 Å². The molecule has 0 atom stereocenters. The Morgan fingerprint density at radius 3 is 2.50 bits per heavy atom. The summed E-state index contributed by atoms with van der Waals surface area (Å²) in [4.78, 5) is 12.2. The number of nitrogens with two attached hydrogens (primary N) is 1. The van der Waals surface area contributed by atoms with Crippen molar-refractivity contribution < 1.29 is 0 Å². The molecule has 1 saturated carbocycles. The normalized spacial score (nSPS) is 17.5. The highest BCUT2D eigenvalue weighted by molar-refractivity contribution is 5.46. The average Bonchev–Trinajstić information content (AvgIpc) is 3.08. The second-order valence-corrected chi connectivity index (χ2v) is 5.77. The molecule has 1 heterocycles. The molecular weight excluding hydrogens is 250 g/mol. The summed E-state index contributed by atoms with van der Waals surface area (Å²) >= 11 is 0. The maximum Gasteiger partial charge on any atom is 0.332 e. The van der Waals surface area contributed by atoms with Crippen molar-refractivity contribution in [3.05, 3.63) is 52.7 Å². The average molecular weight is 271 g/mol. The Morgan fingerprint density at radius 2 is 1.90 bits per heavy atom. The van der Waals surface area contributed by atoms with Gasteiger partial charge in [0.15, 0.2) is 0 Å². The molecule has 3 rings (SSSR count). The molecule has 2 N–H and O–H groups in total. The molecule has 0 aliphatic heterocycles. The molecule has 1 aliphatic rings. The van der Waals surface area contributed by atoms with Gasteiger partial charge in [-0.1, -0.05) is 31.0 Å². The Hall–Kier alpha value is -1.81. The van der Waals surface area contributed by atoms with Gasteiger partial charge < -0.3 is 10.3 Å². The Kier molecular flexibility index (Phi) is 3.26. The fraction of sp³-hybridized carbons (Fsp3) is 0.438. The monoisotopic (exact) mass is 271 g/mol. The number of imidazole rings is 1. The van der Waals surface area contributed by atoms with Gasteiger partial charge in [0, 0.05) is 31.4 Å². The molecule has 1 aromatic heterocycles. The molecule has 4 heteroatoms. The number of benzene rings is 1. The highest BCUT2D eigenvalue weighted by Gasteiger charge is 2.36. The number of aryl methyl sites for hydroxylation is 1. The van der Waals surface area contributed by atoms with E-state index in [1.54, 1.807) is 22.4 Å². The molecule has 20 heavy (non-hydrogen) atoms. The largest absolute Gasteiger partial charge is 0.332 e. The van der Waals surface area contributed by atoms with Crippen molar-refractivity contribution >= 4 is 0 Å². The maximum absolute atomic E-state index is 12.2. The van der Waals surface area contributed by atoms with Crippen LogP contribution in [0.3, 0.4) is 0 Å². The lowest BCUT2D eigenvalue weighted by atomic mass is 9.78. The van der Waals surface area contributed by atoms with E-state index in [1.165, 1.54) is 18.4 Å². The van der Waals surface area contributed by atoms with Crippen LogP contribution in [0.2, 0.25) is 0 Å². The maximum atomic E-state index is 12.2. The van der Waals surface area contributed by atoms with Crippen molar-refractivity contribution in [2.45, 2.75) is 31.1 Å². The van der Waals surface area contributed by atoms with E-state index < -0.39 is 0 Å². The summed E-state index contributed by atoms with van der Waals surface area (Å²) in [6, 6.07) is 8.18. The lowest BCUT2D eigenvalue weighted by Gasteiger charge is -2.30. The first-order chi connectivity index (χ1) is 9.68. The third-order valence-electron chi connectivity index (χ3n) is 4.63. The van der Waals surface area contributed by atoms with Crippen molar-refractivity contribution in [1.82, 2.24) is 9.13 Å². The Balaban J connectivity index is 2.18. The summed E-state index contributed by atoms with van der Waals surface area (Å²) in [7, 11) is 1.77. The van der Waals surface area contributed by atoms with Gasteiger partial charge in [-0.2, -0.15) is 0 Å². The van der Waals surface area contributed by atoms with Gasteiger partial charge in [-0.25, -0.2) is 4.79 Å². The number of hydrogen-bond donors (Lipinski definition) is 1. The van der Waals surface area contributed by atoms with Crippen molar-refractivity contribution in [2.24, 2.45) is 12.8 Å². The van der Waals surface area contributed by atoms with Crippen molar-refractivity contribution in [3.8, 4) is 5.69 Å². The zero-order chi connectivity index (χ0) is 14.2. The molecule has 0 radical (unpaired) electrons. The van der Waals surface area contributed by atoms with Gasteiger partial charge >= 0.3 is 5.69 Å². The van der Waals surface area contributed by atoms with E-state index in [2.05, 4.69) is 6.07 Å². The standard InChI is InChI=1S/C16H21N3O/c1-18-10-11-19(15(18)20)14-7-3-2-6-13(14)16(12-17)8-4-5-9-16/h2-3,6-7,10-11H,4-5,8-9,12,17H2,1H3. The summed E-state index contributed by atoms with van der Waals surface area (Å²) in [5.41, 5.74) is 8.31. The fourth-order valence-electron chi connectivity index (χ4n) is 3.41. The number of rotatable bonds is 3. The Bertz CT molecular complexity index is 662. The van der Waals surface area contributed by atoms with Gasteiger partial charge in [0.25, 0.3) is 0 Å². The van der Waals surface area contributed by atoms with Crippen LogP contribution in [-0.2, 0) is 12.5 Å². The second kappa shape index (κ2) is 4.94. The highest BCUT2D eigenvalue weighted by atomic mass is 16.1. The van der Waals surface area contributed by atoms with Gasteiger partial charge in [-0.15, -0.1) is 0 Å². The summed E-state index contributed by atoms with van der Waals surface area (Å²) in [5, 5.41) is 0. The van der Waals surface area contributed by atoms with Crippen LogP contribution >= 0.6 is 0 Å². The first kappa shape index (κ1) is 13.2. The predicted octanol–water partition coefficient (Wildman–Crippen LogP) is 1.95. The first-order valence-electron chi connectivity index (χ1n) is 7.22. The van der Waals surface area contributed by atoms with E-state index >= 15 is 0 Å². The van der Waals surface area contributed by atoms with Crippen LogP contribution in [0.5, 0.6) is 0 Å². The molecule has 1 fully saturated rings. The number of aromatic nitrogens is 2. The first-order valence-corrected chi connectivity index (χ1v) is 7.22. The summed E-state index contributed by atoms with van der Waals surface area (Å²) in [6.07, 6.45) is 8.29. The molecule has 0 spiro atoms. The third kappa shape index (κ3) is 1.91. The fourth-order valence-corrected chi connectivity index (χ4v) is 3.41. The number of para-hydroxylation sites is 1. The van der Waals surface area contributed by atoms with Gasteiger partial charge in [-0.05, 0) is 24.5 Å².